The lowest BCUT2D eigenvalue weighted by molar-refractivity contribution is -0.142. The number of nitrogens with one attached hydrogen (secondary N) is 1. The normalized spacial score (nSPS) is 17.1. The topological polar surface area (TPSA) is 89.8 Å². The third-order valence-corrected chi connectivity index (χ3v) is 2.76. The SMILES string of the molecule is CCC(CC(C)CNC(C)C(O)O)C(=O)O. The van der Waals surface area contributed by atoms with E-state index in [2.05, 4.69) is 5.32 Å². The largest absolute Gasteiger partial charge is 0.481 e. The van der Waals surface area contributed by atoms with Gasteiger partial charge in [-0.3, -0.25) is 4.79 Å². The summed E-state index contributed by atoms with van der Waals surface area (Å²) in [5.74, 6) is -0.877. The first kappa shape index (κ1) is 15.3. The molecule has 0 radical (unpaired) electrons. The third-order valence-electron chi connectivity index (χ3n) is 2.76. The lowest BCUT2D eigenvalue weighted by atomic mass is 9.93. The van der Waals surface area contributed by atoms with Crippen molar-refractivity contribution in [1.82, 2.24) is 5.32 Å². The van der Waals surface area contributed by atoms with E-state index in [1.54, 1.807) is 6.92 Å². The van der Waals surface area contributed by atoms with E-state index < -0.39 is 18.3 Å². The van der Waals surface area contributed by atoms with Gasteiger partial charge in [0.25, 0.3) is 0 Å². The molecule has 0 aliphatic carbocycles. The number of rotatable bonds is 8. The number of aliphatic hydroxyl groups excluding tert-OH is 1. The Hall–Kier alpha value is -0.650. The van der Waals surface area contributed by atoms with E-state index in [-0.39, 0.29) is 11.8 Å². The summed E-state index contributed by atoms with van der Waals surface area (Å²) in [5, 5.41) is 29.5. The molecule has 4 N–H and O–H groups in total. The van der Waals surface area contributed by atoms with Crippen LogP contribution in [-0.2, 0) is 4.79 Å². The lowest BCUT2D eigenvalue weighted by Gasteiger charge is -2.20. The van der Waals surface area contributed by atoms with E-state index in [9.17, 15) is 4.79 Å². The second-order valence-electron chi connectivity index (χ2n) is 4.39. The van der Waals surface area contributed by atoms with Gasteiger partial charge >= 0.3 is 5.97 Å². The summed E-state index contributed by atoms with van der Waals surface area (Å²) in [7, 11) is 0. The molecular weight excluding hydrogens is 210 g/mol. The van der Waals surface area contributed by atoms with Gasteiger partial charge in [-0.1, -0.05) is 13.8 Å². The van der Waals surface area contributed by atoms with Gasteiger partial charge in [-0.15, -0.1) is 0 Å². The number of carboxylic acids is 1. The van der Waals surface area contributed by atoms with E-state index in [0.717, 1.165) is 0 Å². The number of carbonyl (C=O) groups is 1. The maximum atomic E-state index is 10.8. The van der Waals surface area contributed by atoms with E-state index in [1.165, 1.54) is 0 Å². The second kappa shape index (κ2) is 7.60. The quantitative estimate of drug-likeness (QED) is 0.456. The molecule has 3 unspecified atom stereocenters. The maximum absolute atomic E-state index is 10.8. The number of hydrogen-bond acceptors (Lipinski definition) is 4. The number of aliphatic carboxylic acids is 1. The van der Waals surface area contributed by atoms with Gasteiger partial charge in [0.05, 0.1) is 12.0 Å². The number of carboxylic acid groups (broad SMARTS) is 1. The van der Waals surface area contributed by atoms with Crippen molar-refractivity contribution in [2.24, 2.45) is 11.8 Å². The van der Waals surface area contributed by atoms with Crippen molar-refractivity contribution in [3.05, 3.63) is 0 Å². The molecule has 0 saturated carbocycles. The Morgan fingerprint density at radius 3 is 2.25 bits per heavy atom. The van der Waals surface area contributed by atoms with Gasteiger partial charge in [-0.05, 0) is 32.2 Å². The molecule has 5 heteroatoms. The molecule has 3 atom stereocenters. The first-order chi connectivity index (χ1) is 7.38. The minimum absolute atomic E-state index is 0.197. The summed E-state index contributed by atoms with van der Waals surface area (Å²) in [6.45, 7) is 6.07. The van der Waals surface area contributed by atoms with Crippen LogP contribution in [0.4, 0.5) is 0 Å². The molecule has 0 aromatic carbocycles. The third kappa shape index (κ3) is 6.05. The van der Waals surface area contributed by atoms with Gasteiger partial charge in [-0.2, -0.15) is 0 Å². The van der Waals surface area contributed by atoms with Crippen LogP contribution in [0.15, 0.2) is 0 Å². The van der Waals surface area contributed by atoms with Gasteiger partial charge in [0.2, 0.25) is 0 Å². The zero-order chi connectivity index (χ0) is 12.7. The summed E-state index contributed by atoms with van der Waals surface area (Å²) in [5.41, 5.74) is 0. The Bertz CT molecular complexity index is 208. The average Bonchev–Trinajstić information content (AvgIpc) is 2.21. The van der Waals surface area contributed by atoms with Crippen molar-refractivity contribution in [2.45, 2.75) is 45.9 Å². The van der Waals surface area contributed by atoms with Crippen LogP contribution in [0.25, 0.3) is 0 Å². The highest BCUT2D eigenvalue weighted by Gasteiger charge is 2.19. The van der Waals surface area contributed by atoms with Crippen LogP contribution in [0, 0.1) is 11.8 Å². The summed E-state index contributed by atoms with van der Waals surface area (Å²) in [4.78, 5) is 10.8. The summed E-state index contributed by atoms with van der Waals surface area (Å²) < 4.78 is 0. The fourth-order valence-electron chi connectivity index (χ4n) is 1.50. The van der Waals surface area contributed by atoms with E-state index in [4.69, 9.17) is 15.3 Å². The van der Waals surface area contributed by atoms with Gasteiger partial charge < -0.3 is 20.6 Å². The average molecular weight is 233 g/mol. The van der Waals surface area contributed by atoms with Gasteiger partial charge in [0.15, 0.2) is 6.29 Å². The molecule has 96 valence electrons. The van der Waals surface area contributed by atoms with Crippen LogP contribution in [0.3, 0.4) is 0 Å². The van der Waals surface area contributed by atoms with Crippen molar-refractivity contribution >= 4 is 5.97 Å². The molecule has 0 aliphatic heterocycles. The first-order valence-electron chi connectivity index (χ1n) is 5.70. The van der Waals surface area contributed by atoms with Crippen LogP contribution in [0.5, 0.6) is 0 Å². The first-order valence-corrected chi connectivity index (χ1v) is 5.70. The molecule has 0 aromatic heterocycles. The Labute approximate surface area is 96.5 Å². The van der Waals surface area contributed by atoms with Crippen LogP contribution in [-0.4, -0.2) is 40.2 Å². The number of hydrogen-bond donors (Lipinski definition) is 4. The van der Waals surface area contributed by atoms with E-state index in [1.807, 2.05) is 13.8 Å². The van der Waals surface area contributed by atoms with Crippen LogP contribution in [0.1, 0.15) is 33.6 Å². The zero-order valence-corrected chi connectivity index (χ0v) is 10.2. The fourth-order valence-corrected chi connectivity index (χ4v) is 1.50. The minimum atomic E-state index is -1.38. The predicted molar refractivity (Wildman–Crippen MR) is 60.9 cm³/mol. The van der Waals surface area contributed by atoms with Crippen molar-refractivity contribution in [3.63, 3.8) is 0 Å². The Morgan fingerprint density at radius 1 is 1.31 bits per heavy atom. The lowest BCUT2D eigenvalue weighted by Crippen LogP contribution is -2.39. The monoisotopic (exact) mass is 233 g/mol. The highest BCUT2D eigenvalue weighted by molar-refractivity contribution is 5.69. The minimum Gasteiger partial charge on any atom is -0.481 e. The van der Waals surface area contributed by atoms with Gasteiger partial charge in [0, 0.05) is 0 Å². The van der Waals surface area contributed by atoms with Crippen LogP contribution >= 0.6 is 0 Å². The number of aliphatic hydroxyl groups is 2. The van der Waals surface area contributed by atoms with Crippen molar-refractivity contribution in [3.8, 4) is 0 Å². The fraction of sp³-hybridized carbons (Fsp3) is 0.909. The van der Waals surface area contributed by atoms with Crippen LogP contribution in [0.2, 0.25) is 0 Å². The molecule has 0 heterocycles. The summed E-state index contributed by atoms with van der Waals surface area (Å²) in [6, 6.07) is -0.396. The zero-order valence-electron chi connectivity index (χ0n) is 10.2. The van der Waals surface area contributed by atoms with Crippen molar-refractivity contribution < 1.29 is 20.1 Å². The Morgan fingerprint density at radius 2 is 1.88 bits per heavy atom. The molecule has 0 bridgehead atoms. The molecule has 0 saturated heterocycles. The highest BCUT2D eigenvalue weighted by Crippen LogP contribution is 2.15. The molecule has 0 aliphatic rings. The summed E-state index contributed by atoms with van der Waals surface area (Å²) in [6.07, 6.45) is -0.154. The predicted octanol–water partition coefficient (Wildman–Crippen LogP) is 0.412. The molecule has 0 rings (SSSR count). The maximum Gasteiger partial charge on any atom is 0.306 e. The molecule has 0 amide bonds. The summed E-state index contributed by atoms with van der Waals surface area (Å²) >= 11 is 0. The van der Waals surface area contributed by atoms with Gasteiger partial charge in [0.1, 0.15) is 0 Å². The Balaban J connectivity index is 3.89. The molecule has 0 spiro atoms. The molecule has 5 nitrogen and oxygen atoms in total. The van der Waals surface area contributed by atoms with Crippen molar-refractivity contribution in [1.29, 1.82) is 0 Å². The van der Waals surface area contributed by atoms with E-state index in [0.29, 0.717) is 19.4 Å². The van der Waals surface area contributed by atoms with Gasteiger partial charge in [-0.25, -0.2) is 0 Å². The smallest absolute Gasteiger partial charge is 0.306 e. The van der Waals surface area contributed by atoms with E-state index >= 15 is 0 Å². The van der Waals surface area contributed by atoms with Crippen LogP contribution < -0.4 is 5.32 Å². The molecule has 0 fully saturated rings. The second-order valence-corrected chi connectivity index (χ2v) is 4.39. The standard InChI is InChI=1S/C11H23NO4/c1-4-9(11(15)16)5-7(2)6-12-8(3)10(13)14/h7-10,12-14H,4-6H2,1-3H3,(H,15,16). The molecule has 16 heavy (non-hydrogen) atoms. The molecular formula is C11H23NO4. The molecule has 0 aromatic rings. The van der Waals surface area contributed by atoms with Crippen molar-refractivity contribution in [2.75, 3.05) is 6.54 Å². The highest BCUT2D eigenvalue weighted by atomic mass is 16.5. The Kier molecular flexibility index (Phi) is 7.29.